The van der Waals surface area contributed by atoms with Gasteiger partial charge in [0.15, 0.2) is 0 Å². The van der Waals surface area contributed by atoms with E-state index in [1.54, 1.807) is 6.07 Å². The maximum absolute atomic E-state index is 12.5. The molecule has 1 aromatic rings. The van der Waals surface area contributed by atoms with Crippen LogP contribution < -0.4 is 10.5 Å². The molecule has 1 aliphatic rings. The Morgan fingerprint density at radius 2 is 1.90 bits per heavy atom. The third-order valence-corrected chi connectivity index (χ3v) is 7.20. The minimum absolute atomic E-state index is 0.0579. The lowest BCUT2D eigenvalue weighted by atomic mass is 9.81. The molecule has 2 rings (SSSR count). The van der Waals surface area contributed by atoms with E-state index in [4.69, 9.17) is 5.73 Å². The van der Waals surface area contributed by atoms with E-state index in [2.05, 4.69) is 18.6 Å². The van der Waals surface area contributed by atoms with Crippen LogP contribution in [0.4, 0.5) is 0 Å². The predicted molar refractivity (Wildman–Crippen MR) is 83.2 cm³/mol. The van der Waals surface area contributed by atoms with E-state index in [9.17, 15) is 8.42 Å². The molecule has 0 saturated heterocycles. The Morgan fingerprint density at radius 1 is 1.30 bits per heavy atom. The first-order chi connectivity index (χ1) is 9.31. The lowest BCUT2D eigenvalue weighted by molar-refractivity contribution is 0.258. The number of hydrogen-bond acceptors (Lipinski definition) is 4. The highest BCUT2D eigenvalue weighted by atomic mass is 32.2. The molecule has 4 nitrogen and oxygen atoms in total. The van der Waals surface area contributed by atoms with Crippen molar-refractivity contribution in [3.05, 3.63) is 16.5 Å². The van der Waals surface area contributed by atoms with Crippen LogP contribution in [0.5, 0.6) is 0 Å². The average molecular weight is 316 g/mol. The van der Waals surface area contributed by atoms with Crippen LogP contribution in [0.2, 0.25) is 0 Å². The van der Waals surface area contributed by atoms with Crippen LogP contribution in [0.15, 0.2) is 10.3 Å². The quantitative estimate of drug-likeness (QED) is 0.897. The summed E-state index contributed by atoms with van der Waals surface area (Å²) >= 11 is 1.28. The standard InChI is InChI=1S/C14H24N2O2S2/c1-9-4-10(2)6-12(5-9)16-20(17,18)14-7-11(3)13(8-15)19-14/h7,9-10,12,16H,4-6,8,15H2,1-3H3. The van der Waals surface area contributed by atoms with Gasteiger partial charge in [-0.25, -0.2) is 13.1 Å². The second-order valence-corrected chi connectivity index (χ2v) is 9.19. The zero-order chi connectivity index (χ0) is 14.9. The highest BCUT2D eigenvalue weighted by Crippen LogP contribution is 2.31. The van der Waals surface area contributed by atoms with Gasteiger partial charge in [0.25, 0.3) is 0 Å². The summed E-state index contributed by atoms with van der Waals surface area (Å²) in [5, 5.41) is 0. The first-order valence-electron chi connectivity index (χ1n) is 7.13. The van der Waals surface area contributed by atoms with Gasteiger partial charge >= 0.3 is 0 Å². The molecule has 2 atom stereocenters. The van der Waals surface area contributed by atoms with Crippen molar-refractivity contribution in [2.45, 2.75) is 56.8 Å². The third kappa shape index (κ3) is 3.61. The summed E-state index contributed by atoms with van der Waals surface area (Å²) in [5.74, 6) is 1.16. The average Bonchev–Trinajstić information content (AvgIpc) is 2.69. The summed E-state index contributed by atoms with van der Waals surface area (Å²) in [6.45, 7) is 6.68. The normalized spacial score (nSPS) is 27.7. The molecular weight excluding hydrogens is 292 g/mol. The highest BCUT2D eigenvalue weighted by Gasteiger charge is 2.28. The van der Waals surface area contributed by atoms with Crippen LogP contribution in [0.3, 0.4) is 0 Å². The highest BCUT2D eigenvalue weighted by molar-refractivity contribution is 7.91. The molecule has 0 bridgehead atoms. The fraction of sp³-hybridized carbons (Fsp3) is 0.714. The van der Waals surface area contributed by atoms with Crippen LogP contribution in [-0.2, 0) is 16.6 Å². The summed E-state index contributed by atoms with van der Waals surface area (Å²) in [6.07, 6.45) is 3.04. The Labute approximate surface area is 125 Å². The number of thiophene rings is 1. The summed E-state index contributed by atoms with van der Waals surface area (Å²) < 4.78 is 28.2. The summed E-state index contributed by atoms with van der Waals surface area (Å²) in [6, 6.07) is 1.78. The molecule has 0 spiro atoms. The molecule has 0 radical (unpaired) electrons. The smallest absolute Gasteiger partial charge is 0.250 e. The minimum atomic E-state index is -3.41. The monoisotopic (exact) mass is 316 g/mol. The number of nitrogens with two attached hydrogens (primary N) is 1. The molecule has 1 aromatic heterocycles. The van der Waals surface area contributed by atoms with Gasteiger partial charge in [0.1, 0.15) is 4.21 Å². The van der Waals surface area contributed by atoms with Crippen LogP contribution in [0, 0.1) is 18.8 Å². The van der Waals surface area contributed by atoms with Gasteiger partial charge in [-0.05, 0) is 49.7 Å². The second-order valence-electron chi connectivity index (χ2n) is 6.11. The summed E-state index contributed by atoms with van der Waals surface area (Å²) in [7, 11) is -3.41. The van der Waals surface area contributed by atoms with Gasteiger partial charge < -0.3 is 5.73 Å². The van der Waals surface area contributed by atoms with Gasteiger partial charge in [0.2, 0.25) is 10.0 Å². The summed E-state index contributed by atoms with van der Waals surface area (Å²) in [5.41, 5.74) is 6.58. The van der Waals surface area contributed by atoms with E-state index in [1.165, 1.54) is 17.8 Å². The molecule has 0 amide bonds. The van der Waals surface area contributed by atoms with Crippen molar-refractivity contribution in [3.8, 4) is 0 Å². The maximum Gasteiger partial charge on any atom is 0.250 e. The van der Waals surface area contributed by atoms with E-state index < -0.39 is 10.0 Å². The van der Waals surface area contributed by atoms with Crippen LogP contribution in [0.1, 0.15) is 43.6 Å². The van der Waals surface area contributed by atoms with E-state index in [-0.39, 0.29) is 6.04 Å². The van der Waals surface area contributed by atoms with E-state index in [0.29, 0.717) is 22.6 Å². The lowest BCUT2D eigenvalue weighted by Crippen LogP contribution is -2.39. The predicted octanol–water partition coefficient (Wildman–Crippen LogP) is 2.62. The van der Waals surface area contributed by atoms with E-state index >= 15 is 0 Å². The van der Waals surface area contributed by atoms with Gasteiger partial charge in [-0.2, -0.15) is 0 Å². The fourth-order valence-electron chi connectivity index (χ4n) is 3.14. The molecule has 1 saturated carbocycles. The van der Waals surface area contributed by atoms with E-state index in [0.717, 1.165) is 23.3 Å². The minimum Gasteiger partial charge on any atom is -0.326 e. The SMILES string of the molecule is Cc1cc(S(=O)(=O)NC2CC(C)CC(C)C2)sc1CN. The van der Waals surface area contributed by atoms with Crippen LogP contribution in [0.25, 0.3) is 0 Å². The molecule has 6 heteroatoms. The Morgan fingerprint density at radius 3 is 2.40 bits per heavy atom. The van der Waals surface area contributed by atoms with Gasteiger partial charge in [0.05, 0.1) is 0 Å². The van der Waals surface area contributed by atoms with Crippen molar-refractivity contribution in [3.63, 3.8) is 0 Å². The Balaban J connectivity index is 2.14. The largest absolute Gasteiger partial charge is 0.326 e. The first kappa shape index (κ1) is 15.9. The molecule has 0 aliphatic heterocycles. The topological polar surface area (TPSA) is 72.2 Å². The van der Waals surface area contributed by atoms with Crippen molar-refractivity contribution >= 4 is 21.4 Å². The Bertz CT molecular complexity index is 556. The Kier molecular flexibility index (Phi) is 4.89. The van der Waals surface area contributed by atoms with Crippen molar-refractivity contribution in [1.29, 1.82) is 0 Å². The molecule has 1 heterocycles. The van der Waals surface area contributed by atoms with Crippen molar-refractivity contribution in [2.75, 3.05) is 0 Å². The van der Waals surface area contributed by atoms with Crippen molar-refractivity contribution in [2.24, 2.45) is 17.6 Å². The van der Waals surface area contributed by atoms with Crippen LogP contribution in [-0.4, -0.2) is 14.5 Å². The fourth-order valence-corrected chi connectivity index (χ4v) is 5.89. The lowest BCUT2D eigenvalue weighted by Gasteiger charge is -2.31. The molecule has 3 N–H and O–H groups in total. The van der Waals surface area contributed by atoms with Gasteiger partial charge in [0, 0.05) is 17.5 Å². The van der Waals surface area contributed by atoms with Crippen molar-refractivity contribution in [1.82, 2.24) is 4.72 Å². The summed E-state index contributed by atoms with van der Waals surface area (Å²) in [4.78, 5) is 0.941. The zero-order valence-electron chi connectivity index (χ0n) is 12.3. The number of aryl methyl sites for hydroxylation is 1. The van der Waals surface area contributed by atoms with Crippen molar-refractivity contribution < 1.29 is 8.42 Å². The number of hydrogen-bond donors (Lipinski definition) is 2. The third-order valence-electron chi connectivity index (χ3n) is 3.95. The molecule has 20 heavy (non-hydrogen) atoms. The van der Waals surface area contributed by atoms with Gasteiger partial charge in [-0.3, -0.25) is 0 Å². The van der Waals surface area contributed by atoms with Gasteiger partial charge in [-0.15, -0.1) is 11.3 Å². The van der Waals surface area contributed by atoms with Crippen LogP contribution >= 0.6 is 11.3 Å². The zero-order valence-corrected chi connectivity index (χ0v) is 14.0. The number of nitrogens with one attached hydrogen (secondary N) is 1. The maximum atomic E-state index is 12.5. The Hall–Kier alpha value is -0.430. The number of rotatable bonds is 4. The molecule has 2 unspecified atom stereocenters. The van der Waals surface area contributed by atoms with Gasteiger partial charge in [-0.1, -0.05) is 13.8 Å². The molecular formula is C14H24N2O2S2. The molecule has 1 aliphatic carbocycles. The van der Waals surface area contributed by atoms with E-state index in [1.807, 2.05) is 6.92 Å². The number of sulfonamides is 1. The molecule has 0 aromatic carbocycles. The second kappa shape index (κ2) is 6.13. The first-order valence-corrected chi connectivity index (χ1v) is 9.43. The molecule has 1 fully saturated rings. The molecule has 114 valence electrons.